The van der Waals surface area contributed by atoms with Gasteiger partial charge in [0.1, 0.15) is 0 Å². The molecule has 1 aliphatic rings. The fourth-order valence-electron chi connectivity index (χ4n) is 3.66. The number of aromatic amines is 2. The Kier molecular flexibility index (Phi) is 4.06. The second-order valence-corrected chi connectivity index (χ2v) is 6.66. The van der Waals surface area contributed by atoms with E-state index in [4.69, 9.17) is 0 Å². The number of aromatic nitrogens is 6. The summed E-state index contributed by atoms with van der Waals surface area (Å²) >= 11 is 0. The van der Waals surface area contributed by atoms with Crippen molar-refractivity contribution < 1.29 is 4.79 Å². The molecule has 0 aliphatic carbocycles. The first-order valence-corrected chi connectivity index (χ1v) is 8.84. The summed E-state index contributed by atoms with van der Waals surface area (Å²) in [5.41, 5.74) is 3.49. The van der Waals surface area contributed by atoms with Crippen molar-refractivity contribution in [3.63, 3.8) is 0 Å². The van der Waals surface area contributed by atoms with Crippen LogP contribution < -0.4 is 5.56 Å². The van der Waals surface area contributed by atoms with E-state index < -0.39 is 0 Å². The van der Waals surface area contributed by atoms with Crippen molar-refractivity contribution in [1.29, 1.82) is 0 Å². The highest BCUT2D eigenvalue weighted by atomic mass is 16.2. The van der Waals surface area contributed by atoms with Crippen LogP contribution in [0.15, 0.2) is 17.1 Å². The van der Waals surface area contributed by atoms with Crippen molar-refractivity contribution in [2.75, 3.05) is 13.1 Å². The third-order valence-corrected chi connectivity index (χ3v) is 5.14. The van der Waals surface area contributed by atoms with Gasteiger partial charge in [0.25, 0.3) is 11.5 Å². The summed E-state index contributed by atoms with van der Waals surface area (Å²) in [6.07, 6.45) is 3.75. The number of amides is 1. The van der Waals surface area contributed by atoms with E-state index >= 15 is 0 Å². The van der Waals surface area contributed by atoms with Crippen LogP contribution in [0.25, 0.3) is 5.65 Å². The van der Waals surface area contributed by atoms with E-state index in [0.29, 0.717) is 30.9 Å². The first kappa shape index (κ1) is 16.5. The Morgan fingerprint density at radius 3 is 2.77 bits per heavy atom. The van der Waals surface area contributed by atoms with E-state index in [0.717, 1.165) is 29.8 Å². The summed E-state index contributed by atoms with van der Waals surface area (Å²) in [4.78, 5) is 31.3. The van der Waals surface area contributed by atoms with Crippen LogP contribution >= 0.6 is 0 Å². The molecule has 1 fully saturated rings. The molecule has 2 N–H and O–H groups in total. The Morgan fingerprint density at radius 1 is 1.35 bits per heavy atom. The molecule has 1 amide bonds. The Balaban J connectivity index is 1.54. The number of aryl methyl sites for hydroxylation is 1. The van der Waals surface area contributed by atoms with Gasteiger partial charge in [-0.25, -0.2) is 9.50 Å². The molecular weight excluding hydrogens is 334 g/mol. The molecule has 9 heteroatoms. The van der Waals surface area contributed by atoms with Crippen molar-refractivity contribution in [3.8, 4) is 0 Å². The van der Waals surface area contributed by atoms with Gasteiger partial charge >= 0.3 is 0 Å². The van der Waals surface area contributed by atoms with Crippen LogP contribution in [0.4, 0.5) is 0 Å². The van der Waals surface area contributed by atoms with E-state index in [1.165, 1.54) is 10.7 Å². The van der Waals surface area contributed by atoms with Crippen LogP contribution in [0, 0.1) is 6.92 Å². The van der Waals surface area contributed by atoms with E-state index in [2.05, 4.69) is 25.5 Å². The third kappa shape index (κ3) is 2.69. The lowest BCUT2D eigenvalue weighted by atomic mass is 9.93. The van der Waals surface area contributed by atoms with Crippen molar-refractivity contribution in [1.82, 2.24) is 34.9 Å². The van der Waals surface area contributed by atoms with E-state index in [9.17, 15) is 9.59 Å². The molecule has 0 radical (unpaired) electrons. The molecule has 0 aromatic carbocycles. The molecule has 0 unspecified atom stereocenters. The monoisotopic (exact) mass is 355 g/mol. The molecule has 1 saturated heterocycles. The number of H-pyrrole nitrogens is 2. The van der Waals surface area contributed by atoms with Gasteiger partial charge in [-0.1, -0.05) is 6.92 Å². The molecule has 3 aromatic rings. The van der Waals surface area contributed by atoms with Crippen molar-refractivity contribution in [3.05, 3.63) is 45.3 Å². The first-order chi connectivity index (χ1) is 12.6. The van der Waals surface area contributed by atoms with Gasteiger partial charge in [0.2, 0.25) is 0 Å². The van der Waals surface area contributed by atoms with Gasteiger partial charge in [0.05, 0.1) is 6.20 Å². The lowest BCUT2D eigenvalue weighted by molar-refractivity contribution is 0.0706. The molecular formula is C17H21N7O2. The zero-order chi connectivity index (χ0) is 18.3. The number of piperidine rings is 1. The van der Waals surface area contributed by atoms with E-state index in [-0.39, 0.29) is 17.4 Å². The van der Waals surface area contributed by atoms with Crippen molar-refractivity contribution in [2.45, 2.75) is 39.0 Å². The summed E-state index contributed by atoms with van der Waals surface area (Å²) in [5, 5.41) is 13.2. The SMILES string of the molecule is CCc1c(C)nc2cc(C3CCN(C(=O)c4cn[nH]n4)CC3)[nH]n2c1=O. The molecule has 0 bridgehead atoms. The molecule has 1 aliphatic heterocycles. The van der Waals surface area contributed by atoms with Gasteiger partial charge in [0, 0.05) is 42.0 Å². The minimum Gasteiger partial charge on any atom is -0.337 e. The van der Waals surface area contributed by atoms with E-state index in [1.54, 1.807) is 4.90 Å². The van der Waals surface area contributed by atoms with Gasteiger partial charge < -0.3 is 4.90 Å². The van der Waals surface area contributed by atoms with E-state index in [1.807, 2.05) is 19.9 Å². The summed E-state index contributed by atoms with van der Waals surface area (Å²) < 4.78 is 1.54. The number of carbonyl (C=O) groups is 1. The van der Waals surface area contributed by atoms with Crippen LogP contribution in [0.5, 0.6) is 0 Å². The Hall–Kier alpha value is -2.97. The van der Waals surface area contributed by atoms with Gasteiger partial charge in [-0.3, -0.25) is 14.7 Å². The smallest absolute Gasteiger partial charge is 0.276 e. The minimum atomic E-state index is -0.102. The highest BCUT2D eigenvalue weighted by molar-refractivity contribution is 5.91. The first-order valence-electron chi connectivity index (χ1n) is 8.84. The van der Waals surface area contributed by atoms with Gasteiger partial charge in [0.15, 0.2) is 11.3 Å². The molecule has 4 heterocycles. The third-order valence-electron chi connectivity index (χ3n) is 5.14. The molecule has 3 aromatic heterocycles. The number of nitrogens with one attached hydrogen (secondary N) is 2. The largest absolute Gasteiger partial charge is 0.337 e. The number of fused-ring (bicyclic) bond motifs is 1. The van der Waals surface area contributed by atoms with Crippen LogP contribution in [0.1, 0.15) is 53.1 Å². The Morgan fingerprint density at radius 2 is 2.12 bits per heavy atom. The van der Waals surface area contributed by atoms with Gasteiger partial charge in [-0.15, -0.1) is 0 Å². The van der Waals surface area contributed by atoms with Crippen LogP contribution in [-0.2, 0) is 6.42 Å². The maximum Gasteiger partial charge on any atom is 0.276 e. The molecule has 9 nitrogen and oxygen atoms in total. The highest BCUT2D eigenvalue weighted by Crippen LogP contribution is 2.28. The van der Waals surface area contributed by atoms with Crippen molar-refractivity contribution in [2.24, 2.45) is 0 Å². The maximum absolute atomic E-state index is 12.6. The molecule has 0 atom stereocenters. The zero-order valence-corrected chi connectivity index (χ0v) is 14.8. The number of rotatable bonds is 3. The summed E-state index contributed by atoms with van der Waals surface area (Å²) in [7, 11) is 0. The Labute approximate surface area is 149 Å². The average molecular weight is 355 g/mol. The van der Waals surface area contributed by atoms with Crippen LogP contribution in [0.3, 0.4) is 0 Å². The standard InChI is InChI=1S/C17H21N7O2/c1-3-12-10(2)19-15-8-13(21-24(15)16(12)25)11-4-6-23(7-5-11)17(26)14-9-18-22-20-14/h8-9,11,21H,3-7H2,1-2H3,(H,18,20,22). The normalized spacial score (nSPS) is 15.7. The summed E-state index contributed by atoms with van der Waals surface area (Å²) in [6.45, 7) is 5.13. The number of hydrogen-bond donors (Lipinski definition) is 2. The number of nitrogens with zero attached hydrogens (tertiary/aromatic N) is 5. The van der Waals surface area contributed by atoms with Gasteiger partial charge in [-0.05, 0) is 26.2 Å². The zero-order valence-electron chi connectivity index (χ0n) is 14.8. The molecule has 0 saturated carbocycles. The highest BCUT2D eigenvalue weighted by Gasteiger charge is 2.27. The van der Waals surface area contributed by atoms with Crippen molar-refractivity contribution >= 4 is 11.6 Å². The molecule has 4 rings (SSSR count). The number of hydrogen-bond acceptors (Lipinski definition) is 5. The van der Waals surface area contributed by atoms with Crippen LogP contribution in [0.2, 0.25) is 0 Å². The van der Waals surface area contributed by atoms with Gasteiger partial charge in [-0.2, -0.15) is 15.4 Å². The molecule has 0 spiro atoms. The number of carbonyl (C=O) groups excluding carboxylic acids is 1. The number of likely N-dealkylation sites (tertiary alicyclic amines) is 1. The fraction of sp³-hybridized carbons (Fsp3) is 0.471. The fourth-order valence-corrected chi connectivity index (χ4v) is 3.66. The Bertz CT molecular complexity index is 994. The topological polar surface area (TPSA) is 112 Å². The predicted molar refractivity (Wildman–Crippen MR) is 94.2 cm³/mol. The minimum absolute atomic E-state index is 0.0279. The lowest BCUT2D eigenvalue weighted by Crippen LogP contribution is -2.38. The second kappa shape index (κ2) is 6.40. The predicted octanol–water partition coefficient (Wildman–Crippen LogP) is 1.03. The summed E-state index contributed by atoms with van der Waals surface area (Å²) in [5.74, 6) is 0.165. The molecule has 26 heavy (non-hydrogen) atoms. The van der Waals surface area contributed by atoms with Crippen LogP contribution in [-0.4, -0.2) is 53.9 Å². The maximum atomic E-state index is 12.6. The average Bonchev–Trinajstić information content (AvgIpc) is 3.31. The summed E-state index contributed by atoms with van der Waals surface area (Å²) in [6, 6.07) is 1.95. The lowest BCUT2D eigenvalue weighted by Gasteiger charge is -2.30. The molecule has 136 valence electrons. The quantitative estimate of drug-likeness (QED) is 0.729. The second-order valence-electron chi connectivity index (χ2n) is 6.66.